The van der Waals surface area contributed by atoms with Gasteiger partial charge in [0.05, 0.1) is 12.8 Å². The standard InChI is InChI=1S/C16H20N2O/c1-17-11-16(7-3-8-16)15-14-5-4-13(19-2)10-12(14)6-9-18-15/h4-6,9-10,17H,3,7-8,11H2,1-2H3. The summed E-state index contributed by atoms with van der Waals surface area (Å²) in [6, 6.07) is 8.32. The van der Waals surface area contributed by atoms with Crippen molar-refractivity contribution in [3.63, 3.8) is 0 Å². The molecule has 0 saturated heterocycles. The number of hydrogen-bond donors (Lipinski definition) is 1. The molecule has 2 aromatic rings. The molecule has 0 atom stereocenters. The van der Waals surface area contributed by atoms with E-state index in [1.807, 2.05) is 19.3 Å². The number of nitrogens with zero attached hydrogens (tertiary/aromatic N) is 1. The molecule has 100 valence electrons. The quantitative estimate of drug-likeness (QED) is 0.913. The molecule has 1 aromatic heterocycles. The lowest BCUT2D eigenvalue weighted by Crippen LogP contribution is -2.43. The van der Waals surface area contributed by atoms with Crippen molar-refractivity contribution in [1.29, 1.82) is 0 Å². The minimum atomic E-state index is 0.225. The molecule has 0 amide bonds. The summed E-state index contributed by atoms with van der Waals surface area (Å²) in [5.41, 5.74) is 1.47. The van der Waals surface area contributed by atoms with Gasteiger partial charge in [-0.1, -0.05) is 6.42 Å². The minimum absolute atomic E-state index is 0.225. The van der Waals surface area contributed by atoms with E-state index in [1.165, 1.54) is 35.7 Å². The van der Waals surface area contributed by atoms with Gasteiger partial charge in [0.2, 0.25) is 0 Å². The van der Waals surface area contributed by atoms with Crippen LogP contribution >= 0.6 is 0 Å². The third kappa shape index (κ3) is 1.98. The Morgan fingerprint density at radius 2 is 2.16 bits per heavy atom. The lowest BCUT2D eigenvalue weighted by Gasteiger charge is -2.42. The van der Waals surface area contributed by atoms with E-state index in [9.17, 15) is 0 Å². The highest BCUT2D eigenvalue weighted by atomic mass is 16.5. The highest BCUT2D eigenvalue weighted by Gasteiger charge is 2.40. The van der Waals surface area contributed by atoms with E-state index in [-0.39, 0.29) is 5.41 Å². The molecule has 1 aliphatic carbocycles. The SMILES string of the molecule is CNCC1(c2nccc3cc(OC)ccc23)CCC1. The van der Waals surface area contributed by atoms with Crippen molar-refractivity contribution in [2.24, 2.45) is 0 Å². The predicted molar refractivity (Wildman–Crippen MR) is 77.8 cm³/mol. The van der Waals surface area contributed by atoms with Crippen molar-refractivity contribution >= 4 is 10.8 Å². The number of rotatable bonds is 4. The Bertz CT molecular complexity index is 590. The predicted octanol–water partition coefficient (Wildman–Crippen LogP) is 2.88. The highest BCUT2D eigenvalue weighted by Crippen LogP contribution is 2.44. The number of likely N-dealkylation sites (N-methyl/N-ethyl adjacent to an activating group) is 1. The fourth-order valence-electron chi connectivity index (χ4n) is 3.14. The molecule has 0 bridgehead atoms. The molecule has 19 heavy (non-hydrogen) atoms. The summed E-state index contributed by atoms with van der Waals surface area (Å²) in [4.78, 5) is 4.69. The van der Waals surface area contributed by atoms with Gasteiger partial charge in [-0.15, -0.1) is 0 Å². The summed E-state index contributed by atoms with van der Waals surface area (Å²) in [5.74, 6) is 0.904. The van der Waals surface area contributed by atoms with Gasteiger partial charge in [0, 0.05) is 23.5 Å². The molecule has 0 unspecified atom stereocenters. The number of benzene rings is 1. The Kier molecular flexibility index (Phi) is 3.15. The Morgan fingerprint density at radius 3 is 2.79 bits per heavy atom. The van der Waals surface area contributed by atoms with Gasteiger partial charge in [0.15, 0.2) is 0 Å². The molecule has 3 rings (SSSR count). The first kappa shape index (κ1) is 12.4. The molecule has 0 spiro atoms. The van der Waals surface area contributed by atoms with E-state index in [4.69, 9.17) is 9.72 Å². The summed E-state index contributed by atoms with van der Waals surface area (Å²) in [7, 11) is 3.73. The van der Waals surface area contributed by atoms with Crippen LogP contribution in [0, 0.1) is 0 Å². The van der Waals surface area contributed by atoms with Crippen LogP contribution in [0.3, 0.4) is 0 Å². The van der Waals surface area contributed by atoms with Gasteiger partial charge in [0.1, 0.15) is 5.75 Å². The molecule has 1 heterocycles. The fraction of sp³-hybridized carbons (Fsp3) is 0.438. The van der Waals surface area contributed by atoms with Gasteiger partial charge in [0.25, 0.3) is 0 Å². The molecule has 3 heteroatoms. The summed E-state index contributed by atoms with van der Waals surface area (Å²) in [5, 5.41) is 5.81. The topological polar surface area (TPSA) is 34.2 Å². The summed E-state index contributed by atoms with van der Waals surface area (Å²) in [6.45, 7) is 1.01. The zero-order valence-corrected chi connectivity index (χ0v) is 11.6. The number of nitrogens with one attached hydrogen (secondary N) is 1. The second-order valence-electron chi connectivity index (χ2n) is 5.41. The maximum absolute atomic E-state index is 5.30. The van der Waals surface area contributed by atoms with Crippen molar-refractivity contribution in [2.45, 2.75) is 24.7 Å². The molecule has 0 radical (unpaired) electrons. The third-order valence-corrected chi connectivity index (χ3v) is 4.30. The Balaban J connectivity index is 2.13. The van der Waals surface area contributed by atoms with Crippen LogP contribution in [0.4, 0.5) is 0 Å². The number of methoxy groups -OCH3 is 1. The highest BCUT2D eigenvalue weighted by molar-refractivity contribution is 5.86. The van der Waals surface area contributed by atoms with Crippen LogP contribution in [-0.2, 0) is 5.41 Å². The van der Waals surface area contributed by atoms with Crippen LogP contribution in [0.1, 0.15) is 25.0 Å². The van der Waals surface area contributed by atoms with Crippen LogP contribution in [0.2, 0.25) is 0 Å². The van der Waals surface area contributed by atoms with E-state index in [0.717, 1.165) is 12.3 Å². The summed E-state index contributed by atoms with van der Waals surface area (Å²) >= 11 is 0. The molecule has 1 fully saturated rings. The van der Waals surface area contributed by atoms with E-state index in [1.54, 1.807) is 7.11 Å². The van der Waals surface area contributed by atoms with E-state index in [0.29, 0.717) is 0 Å². The van der Waals surface area contributed by atoms with Crippen molar-refractivity contribution < 1.29 is 4.74 Å². The number of aromatic nitrogens is 1. The van der Waals surface area contributed by atoms with Gasteiger partial charge >= 0.3 is 0 Å². The van der Waals surface area contributed by atoms with Crippen molar-refractivity contribution in [3.05, 3.63) is 36.2 Å². The number of hydrogen-bond acceptors (Lipinski definition) is 3. The monoisotopic (exact) mass is 256 g/mol. The largest absolute Gasteiger partial charge is 0.497 e. The molecule has 1 aliphatic rings. The van der Waals surface area contributed by atoms with Gasteiger partial charge < -0.3 is 10.1 Å². The van der Waals surface area contributed by atoms with Crippen LogP contribution < -0.4 is 10.1 Å². The Morgan fingerprint density at radius 1 is 1.32 bits per heavy atom. The Labute approximate surface area is 114 Å². The average molecular weight is 256 g/mol. The Hall–Kier alpha value is -1.61. The number of fused-ring (bicyclic) bond motifs is 1. The first-order valence-electron chi connectivity index (χ1n) is 6.87. The zero-order chi connectivity index (χ0) is 13.3. The molecule has 1 saturated carbocycles. The van der Waals surface area contributed by atoms with E-state index in [2.05, 4.69) is 23.5 Å². The van der Waals surface area contributed by atoms with Crippen LogP contribution in [0.15, 0.2) is 30.5 Å². The maximum atomic E-state index is 5.30. The van der Waals surface area contributed by atoms with Gasteiger partial charge in [-0.3, -0.25) is 4.98 Å². The maximum Gasteiger partial charge on any atom is 0.119 e. The zero-order valence-electron chi connectivity index (χ0n) is 11.6. The summed E-state index contributed by atoms with van der Waals surface area (Å²) in [6.07, 6.45) is 5.68. The summed E-state index contributed by atoms with van der Waals surface area (Å²) < 4.78 is 5.30. The van der Waals surface area contributed by atoms with Gasteiger partial charge in [-0.25, -0.2) is 0 Å². The molecular weight excluding hydrogens is 236 g/mol. The molecule has 1 aromatic carbocycles. The third-order valence-electron chi connectivity index (χ3n) is 4.30. The van der Waals surface area contributed by atoms with Crippen molar-refractivity contribution in [1.82, 2.24) is 10.3 Å². The first-order valence-corrected chi connectivity index (χ1v) is 6.87. The average Bonchev–Trinajstić information content (AvgIpc) is 2.41. The van der Waals surface area contributed by atoms with Gasteiger partial charge in [-0.2, -0.15) is 0 Å². The van der Waals surface area contributed by atoms with Crippen LogP contribution in [0.5, 0.6) is 5.75 Å². The van der Waals surface area contributed by atoms with Gasteiger partial charge in [-0.05, 0) is 49.5 Å². The number of ether oxygens (including phenoxy) is 1. The van der Waals surface area contributed by atoms with Crippen molar-refractivity contribution in [2.75, 3.05) is 20.7 Å². The van der Waals surface area contributed by atoms with E-state index < -0.39 is 0 Å². The lowest BCUT2D eigenvalue weighted by molar-refractivity contribution is 0.234. The van der Waals surface area contributed by atoms with E-state index >= 15 is 0 Å². The second kappa shape index (κ2) is 4.82. The minimum Gasteiger partial charge on any atom is -0.497 e. The fourth-order valence-corrected chi connectivity index (χ4v) is 3.14. The second-order valence-corrected chi connectivity index (χ2v) is 5.41. The molecule has 0 aliphatic heterocycles. The number of pyridine rings is 1. The lowest BCUT2D eigenvalue weighted by atomic mass is 9.65. The first-order chi connectivity index (χ1) is 9.29. The smallest absolute Gasteiger partial charge is 0.119 e. The molecule has 3 nitrogen and oxygen atoms in total. The van der Waals surface area contributed by atoms with Crippen LogP contribution in [0.25, 0.3) is 10.8 Å². The molecule has 1 N–H and O–H groups in total. The van der Waals surface area contributed by atoms with Crippen molar-refractivity contribution in [3.8, 4) is 5.75 Å². The molecular formula is C16H20N2O. The van der Waals surface area contributed by atoms with Crippen LogP contribution in [-0.4, -0.2) is 25.7 Å². The normalized spacial score (nSPS) is 17.2.